The van der Waals surface area contributed by atoms with E-state index in [1.54, 1.807) is 0 Å². The predicted molar refractivity (Wildman–Crippen MR) is 141 cm³/mol. The lowest BCUT2D eigenvalue weighted by molar-refractivity contribution is -0.384. The number of ether oxygens (including phenoxy) is 1. The van der Waals surface area contributed by atoms with Gasteiger partial charge in [0.05, 0.1) is 32.3 Å². The average molecular weight is 615 g/mol. The van der Waals surface area contributed by atoms with E-state index >= 15 is 0 Å². The Hall–Kier alpha value is -3.30. The van der Waals surface area contributed by atoms with E-state index in [1.165, 1.54) is 30.3 Å². The maximum absolute atomic E-state index is 13.7. The third kappa shape index (κ3) is 6.20. The molecule has 0 aromatic heterocycles. The van der Waals surface area contributed by atoms with Gasteiger partial charge in [-0.2, -0.15) is 4.31 Å². The zero-order valence-electron chi connectivity index (χ0n) is 20.7. The number of aliphatic carboxylic acids is 1. The summed E-state index contributed by atoms with van der Waals surface area (Å²) in [5.41, 5.74) is -0.221. The van der Waals surface area contributed by atoms with Gasteiger partial charge in [0.2, 0.25) is 10.0 Å². The highest BCUT2D eigenvalue weighted by Gasteiger charge is 2.48. The van der Waals surface area contributed by atoms with Gasteiger partial charge in [0.15, 0.2) is 6.17 Å². The minimum absolute atomic E-state index is 0.0394. The van der Waals surface area contributed by atoms with Crippen LogP contribution in [0, 0.1) is 10.1 Å². The molecule has 2 heterocycles. The molecule has 0 aliphatic carbocycles. The highest BCUT2D eigenvalue weighted by atomic mass is 35.5. The van der Waals surface area contributed by atoms with Crippen molar-refractivity contribution in [2.24, 2.45) is 0 Å². The topological polar surface area (TPSA) is 176 Å². The number of non-ortho nitro benzene ring substituents is 1. The molecule has 16 heteroatoms. The summed E-state index contributed by atoms with van der Waals surface area (Å²) in [5.74, 6) is -2.91. The van der Waals surface area contributed by atoms with Crippen molar-refractivity contribution in [3.8, 4) is 0 Å². The van der Waals surface area contributed by atoms with Gasteiger partial charge in [0.25, 0.3) is 17.5 Å². The number of nitrogens with zero attached hydrogens (tertiary/aromatic N) is 3. The van der Waals surface area contributed by atoms with Gasteiger partial charge in [0, 0.05) is 31.8 Å². The van der Waals surface area contributed by atoms with Crippen molar-refractivity contribution in [3.05, 3.63) is 68.2 Å². The lowest BCUT2D eigenvalue weighted by Gasteiger charge is -2.31. The molecule has 13 nitrogen and oxygen atoms in total. The molecule has 3 atom stereocenters. The summed E-state index contributed by atoms with van der Waals surface area (Å²) in [7, 11) is -4.41. The molecular formula is C24H24Cl2N4O9S. The first-order chi connectivity index (χ1) is 18.9. The Morgan fingerprint density at radius 3 is 2.52 bits per heavy atom. The van der Waals surface area contributed by atoms with E-state index in [0.29, 0.717) is 19.4 Å². The Bertz CT molecular complexity index is 1450. The van der Waals surface area contributed by atoms with Gasteiger partial charge in [-0.3, -0.25) is 24.5 Å². The van der Waals surface area contributed by atoms with Crippen molar-refractivity contribution in [2.45, 2.75) is 42.5 Å². The van der Waals surface area contributed by atoms with E-state index in [1.807, 2.05) is 0 Å². The lowest BCUT2D eigenvalue weighted by atomic mass is 10.0. The van der Waals surface area contributed by atoms with Crippen LogP contribution in [0.5, 0.6) is 0 Å². The van der Waals surface area contributed by atoms with Gasteiger partial charge in [-0.05, 0) is 36.6 Å². The predicted octanol–water partition coefficient (Wildman–Crippen LogP) is 2.57. The largest absolute Gasteiger partial charge is 0.481 e. The molecule has 3 unspecified atom stereocenters. The minimum Gasteiger partial charge on any atom is -0.481 e. The van der Waals surface area contributed by atoms with Crippen molar-refractivity contribution in [3.63, 3.8) is 0 Å². The smallest absolute Gasteiger partial charge is 0.305 e. The summed E-state index contributed by atoms with van der Waals surface area (Å²) in [5, 5.41) is 23.3. The number of hydrogen-bond donors (Lipinski definition) is 2. The number of nitro benzene ring substituents is 1. The number of carbonyl (C=O) groups excluding carboxylic acids is 2. The summed E-state index contributed by atoms with van der Waals surface area (Å²) in [6, 6.07) is 7.37. The van der Waals surface area contributed by atoms with Gasteiger partial charge < -0.3 is 20.1 Å². The van der Waals surface area contributed by atoms with Gasteiger partial charge in [-0.1, -0.05) is 35.3 Å². The van der Waals surface area contributed by atoms with Gasteiger partial charge >= 0.3 is 5.97 Å². The maximum Gasteiger partial charge on any atom is 0.305 e. The standard InChI is InChI=1S/C24H24Cl2N4O9S/c25-17-7-6-16(12-18(17)26)40(37,38)29-9-8-28(24(34)20-5-2-10-39-20)23(29)22(33)27-19(13-21(31)32)14-3-1-4-15(11-14)30(35)36/h1,3-4,6-7,11-12,19-20,23H,2,5,8-10,13H2,(H,27,33)(H,31,32). The number of carboxylic acid groups (broad SMARTS) is 1. The molecule has 0 saturated carbocycles. The van der Waals surface area contributed by atoms with Gasteiger partial charge in [0.1, 0.15) is 6.10 Å². The number of nitro groups is 1. The number of benzene rings is 2. The Balaban J connectivity index is 1.71. The van der Waals surface area contributed by atoms with Crippen molar-refractivity contribution in [1.82, 2.24) is 14.5 Å². The van der Waals surface area contributed by atoms with Crippen LogP contribution in [-0.4, -0.2) is 77.4 Å². The molecule has 2 N–H and O–H groups in total. The summed E-state index contributed by atoms with van der Waals surface area (Å²) in [6.07, 6.45) is -2.24. The van der Waals surface area contributed by atoms with Crippen LogP contribution < -0.4 is 5.32 Å². The molecule has 0 bridgehead atoms. The molecule has 4 rings (SSSR count). The molecule has 40 heavy (non-hydrogen) atoms. The molecular weight excluding hydrogens is 591 g/mol. The van der Waals surface area contributed by atoms with Crippen LogP contribution in [0.2, 0.25) is 10.0 Å². The van der Waals surface area contributed by atoms with E-state index in [2.05, 4.69) is 5.32 Å². The first kappa shape index (κ1) is 29.7. The number of halogens is 2. The van der Waals surface area contributed by atoms with Crippen molar-refractivity contribution >= 4 is 56.7 Å². The lowest BCUT2D eigenvalue weighted by Crippen LogP contribution is -2.55. The monoisotopic (exact) mass is 614 g/mol. The van der Waals surface area contributed by atoms with Crippen LogP contribution in [-0.2, 0) is 29.1 Å². The van der Waals surface area contributed by atoms with E-state index in [9.17, 15) is 38.0 Å². The number of sulfonamides is 1. The molecule has 2 amide bonds. The number of amides is 2. The van der Waals surface area contributed by atoms with Crippen molar-refractivity contribution in [1.29, 1.82) is 0 Å². The number of carbonyl (C=O) groups is 3. The van der Waals surface area contributed by atoms with Crippen molar-refractivity contribution in [2.75, 3.05) is 19.7 Å². The Morgan fingerprint density at radius 1 is 1.15 bits per heavy atom. The summed E-state index contributed by atoms with van der Waals surface area (Å²) in [4.78, 5) is 50.1. The first-order valence-corrected chi connectivity index (χ1v) is 14.2. The fourth-order valence-corrected chi connectivity index (χ4v) is 6.55. The molecule has 2 saturated heterocycles. The Kier molecular flexibility index (Phi) is 8.95. The number of hydrogen-bond acceptors (Lipinski definition) is 8. The molecule has 214 valence electrons. The van der Waals surface area contributed by atoms with E-state index < -0.39 is 57.5 Å². The second kappa shape index (κ2) is 12.1. The third-order valence-corrected chi connectivity index (χ3v) is 9.12. The van der Waals surface area contributed by atoms with E-state index in [0.717, 1.165) is 21.3 Å². The van der Waals surface area contributed by atoms with Crippen LogP contribution >= 0.6 is 23.2 Å². The van der Waals surface area contributed by atoms with Crippen LogP contribution in [0.4, 0.5) is 5.69 Å². The zero-order chi connectivity index (χ0) is 29.2. The SMILES string of the molecule is O=C(O)CC(NC(=O)C1N(C(=O)C2CCCO2)CCN1S(=O)(=O)c1ccc(Cl)c(Cl)c1)c1cccc([N+](=O)[O-])c1. The first-order valence-electron chi connectivity index (χ1n) is 12.1. The molecule has 0 spiro atoms. The second-order valence-electron chi connectivity index (χ2n) is 9.11. The number of nitrogens with one attached hydrogen (secondary N) is 1. The Labute approximate surface area is 238 Å². The number of rotatable bonds is 9. The highest BCUT2D eigenvalue weighted by molar-refractivity contribution is 7.89. The van der Waals surface area contributed by atoms with Gasteiger partial charge in [-0.15, -0.1) is 0 Å². The summed E-state index contributed by atoms with van der Waals surface area (Å²) >= 11 is 12.0. The van der Waals surface area contributed by atoms with Crippen LogP contribution in [0.3, 0.4) is 0 Å². The highest BCUT2D eigenvalue weighted by Crippen LogP contribution is 2.31. The molecule has 0 radical (unpaired) electrons. The fraction of sp³-hybridized carbons (Fsp3) is 0.375. The molecule has 2 aliphatic heterocycles. The molecule has 2 fully saturated rings. The fourth-order valence-electron chi connectivity index (χ4n) is 4.62. The van der Waals surface area contributed by atoms with Crippen LogP contribution in [0.25, 0.3) is 0 Å². The van der Waals surface area contributed by atoms with Crippen molar-refractivity contribution < 1.29 is 37.6 Å². The maximum atomic E-state index is 13.7. The van der Waals surface area contributed by atoms with Crippen LogP contribution in [0.15, 0.2) is 47.4 Å². The van der Waals surface area contributed by atoms with Crippen LogP contribution in [0.1, 0.15) is 30.9 Å². The Morgan fingerprint density at radius 2 is 1.90 bits per heavy atom. The normalized spacial score (nSPS) is 20.3. The number of carboxylic acids is 1. The molecule has 2 aliphatic rings. The third-order valence-electron chi connectivity index (χ3n) is 6.53. The van der Waals surface area contributed by atoms with Gasteiger partial charge in [-0.25, -0.2) is 8.42 Å². The zero-order valence-corrected chi connectivity index (χ0v) is 23.1. The quantitative estimate of drug-likeness (QED) is 0.317. The van der Waals surface area contributed by atoms with E-state index in [4.69, 9.17) is 27.9 Å². The average Bonchev–Trinajstić information content (AvgIpc) is 3.60. The molecule has 2 aromatic rings. The molecule has 2 aromatic carbocycles. The summed E-state index contributed by atoms with van der Waals surface area (Å²) in [6.45, 7) is -0.0584. The summed E-state index contributed by atoms with van der Waals surface area (Å²) < 4.78 is 33.6. The van der Waals surface area contributed by atoms with E-state index in [-0.39, 0.29) is 39.3 Å². The minimum atomic E-state index is -4.41. The second-order valence-corrected chi connectivity index (χ2v) is 11.8.